The summed E-state index contributed by atoms with van der Waals surface area (Å²) in [5, 5.41) is 3.11. The van der Waals surface area contributed by atoms with Gasteiger partial charge in [-0.1, -0.05) is 13.8 Å². The Balaban J connectivity index is 0.000000217. The number of esters is 2. The van der Waals surface area contributed by atoms with Crippen molar-refractivity contribution in [1.29, 1.82) is 0 Å². The SMILES string of the molecule is CCNCC.O=C1C=CC(=O)O1. The maximum atomic E-state index is 9.92. The van der Waals surface area contributed by atoms with Crippen molar-refractivity contribution in [2.24, 2.45) is 0 Å². The molecule has 68 valence electrons. The van der Waals surface area contributed by atoms with Crippen molar-refractivity contribution in [1.82, 2.24) is 5.32 Å². The quantitative estimate of drug-likeness (QED) is 0.477. The highest BCUT2D eigenvalue weighted by Crippen LogP contribution is 1.92. The fourth-order valence-corrected chi connectivity index (χ4v) is 0.553. The van der Waals surface area contributed by atoms with Crippen LogP contribution in [0.25, 0.3) is 0 Å². The Morgan fingerprint density at radius 2 is 1.58 bits per heavy atom. The summed E-state index contributed by atoms with van der Waals surface area (Å²) in [4.78, 5) is 19.8. The minimum atomic E-state index is -0.579. The zero-order valence-electron chi connectivity index (χ0n) is 7.29. The number of rotatable bonds is 2. The minimum Gasteiger partial charge on any atom is -0.387 e. The number of ether oxygens (including phenoxy) is 1. The summed E-state index contributed by atoms with van der Waals surface area (Å²) in [6, 6.07) is 0. The normalized spacial score (nSPS) is 13.8. The Morgan fingerprint density at radius 3 is 1.67 bits per heavy atom. The van der Waals surface area contributed by atoms with Crippen LogP contribution < -0.4 is 5.32 Å². The molecule has 0 unspecified atom stereocenters. The van der Waals surface area contributed by atoms with E-state index < -0.39 is 11.9 Å². The Hall–Kier alpha value is -1.16. The lowest BCUT2D eigenvalue weighted by Gasteiger charge is -1.86. The zero-order valence-corrected chi connectivity index (χ0v) is 7.29. The summed E-state index contributed by atoms with van der Waals surface area (Å²) >= 11 is 0. The van der Waals surface area contributed by atoms with Gasteiger partial charge < -0.3 is 10.1 Å². The average Bonchev–Trinajstić information content (AvgIpc) is 2.38. The number of hydrogen-bond acceptors (Lipinski definition) is 4. The molecular formula is C8H13NO3. The molecule has 12 heavy (non-hydrogen) atoms. The van der Waals surface area contributed by atoms with E-state index in [0.29, 0.717) is 0 Å². The maximum Gasteiger partial charge on any atom is 0.338 e. The van der Waals surface area contributed by atoms with Crippen molar-refractivity contribution in [3.63, 3.8) is 0 Å². The molecule has 1 aliphatic heterocycles. The van der Waals surface area contributed by atoms with Gasteiger partial charge in [0.25, 0.3) is 0 Å². The van der Waals surface area contributed by atoms with E-state index in [0.717, 1.165) is 25.2 Å². The molecule has 0 aromatic rings. The molecule has 0 aromatic carbocycles. The first-order valence-corrected chi connectivity index (χ1v) is 3.85. The van der Waals surface area contributed by atoms with Gasteiger partial charge in [0.2, 0.25) is 0 Å². The number of cyclic esters (lactones) is 2. The first-order valence-electron chi connectivity index (χ1n) is 3.85. The first-order chi connectivity index (χ1) is 5.70. The van der Waals surface area contributed by atoms with Crippen molar-refractivity contribution in [2.45, 2.75) is 13.8 Å². The summed E-state index contributed by atoms with van der Waals surface area (Å²) in [5.74, 6) is -1.16. The molecule has 0 amide bonds. The number of hydrogen-bond donors (Lipinski definition) is 1. The third-order valence-electron chi connectivity index (χ3n) is 1.06. The smallest absolute Gasteiger partial charge is 0.338 e. The number of carbonyl (C=O) groups excluding carboxylic acids is 2. The molecule has 1 N–H and O–H groups in total. The van der Waals surface area contributed by atoms with Crippen LogP contribution in [-0.2, 0) is 14.3 Å². The van der Waals surface area contributed by atoms with Gasteiger partial charge in [-0.25, -0.2) is 9.59 Å². The van der Waals surface area contributed by atoms with E-state index in [-0.39, 0.29) is 0 Å². The maximum absolute atomic E-state index is 9.92. The molecule has 0 saturated heterocycles. The Morgan fingerprint density at radius 1 is 1.17 bits per heavy atom. The predicted molar refractivity (Wildman–Crippen MR) is 44.5 cm³/mol. The predicted octanol–water partition coefficient (Wildman–Crippen LogP) is 0.242. The highest BCUT2D eigenvalue weighted by atomic mass is 16.6. The number of nitrogens with one attached hydrogen (secondary N) is 1. The van der Waals surface area contributed by atoms with Crippen LogP contribution in [-0.4, -0.2) is 25.0 Å². The van der Waals surface area contributed by atoms with Crippen LogP contribution in [0.2, 0.25) is 0 Å². The molecule has 0 saturated carbocycles. The van der Waals surface area contributed by atoms with E-state index in [1.54, 1.807) is 0 Å². The summed E-state index contributed by atoms with van der Waals surface area (Å²) in [6.07, 6.45) is 2.17. The highest BCUT2D eigenvalue weighted by Gasteiger charge is 2.10. The summed E-state index contributed by atoms with van der Waals surface area (Å²) in [6.45, 7) is 6.39. The molecule has 0 spiro atoms. The number of carbonyl (C=O) groups is 2. The zero-order chi connectivity index (χ0) is 9.40. The van der Waals surface area contributed by atoms with Gasteiger partial charge in [-0.3, -0.25) is 0 Å². The molecule has 1 heterocycles. The van der Waals surface area contributed by atoms with Gasteiger partial charge in [-0.05, 0) is 13.1 Å². The van der Waals surface area contributed by atoms with Gasteiger partial charge in [0.15, 0.2) is 0 Å². The fourth-order valence-electron chi connectivity index (χ4n) is 0.553. The van der Waals surface area contributed by atoms with Gasteiger partial charge >= 0.3 is 11.9 Å². The molecule has 0 fully saturated rings. The molecule has 0 atom stereocenters. The highest BCUT2D eigenvalue weighted by molar-refractivity contribution is 6.04. The molecule has 1 aliphatic rings. The third kappa shape index (κ3) is 5.61. The second-order valence-electron chi connectivity index (χ2n) is 2.03. The molecule has 1 rings (SSSR count). The van der Waals surface area contributed by atoms with Gasteiger partial charge in [-0.15, -0.1) is 0 Å². The molecule has 0 radical (unpaired) electrons. The standard InChI is InChI=1S/C4H11N.C4H2O3/c1-3-5-4-2;5-3-1-2-4(6)7-3/h5H,3-4H2,1-2H3;1-2H. The lowest BCUT2D eigenvalue weighted by molar-refractivity contribution is -0.150. The summed E-state index contributed by atoms with van der Waals surface area (Å²) < 4.78 is 3.97. The van der Waals surface area contributed by atoms with Gasteiger partial charge in [-0.2, -0.15) is 0 Å². The largest absolute Gasteiger partial charge is 0.387 e. The first kappa shape index (κ1) is 10.8. The Kier molecular flexibility index (Phi) is 5.91. The van der Waals surface area contributed by atoms with Gasteiger partial charge in [0.05, 0.1) is 0 Å². The lowest BCUT2D eigenvalue weighted by Crippen LogP contribution is -2.09. The van der Waals surface area contributed by atoms with Crippen molar-refractivity contribution >= 4 is 11.9 Å². The van der Waals surface area contributed by atoms with Crippen LogP contribution >= 0.6 is 0 Å². The molecule has 4 nitrogen and oxygen atoms in total. The van der Waals surface area contributed by atoms with E-state index in [1.165, 1.54) is 0 Å². The molecule has 4 heteroatoms. The third-order valence-corrected chi connectivity index (χ3v) is 1.06. The second kappa shape index (κ2) is 6.54. The molecular weight excluding hydrogens is 158 g/mol. The topological polar surface area (TPSA) is 55.4 Å². The fraction of sp³-hybridized carbons (Fsp3) is 0.500. The Labute approximate surface area is 71.6 Å². The monoisotopic (exact) mass is 171 g/mol. The lowest BCUT2D eigenvalue weighted by atomic mass is 10.6. The van der Waals surface area contributed by atoms with E-state index in [2.05, 4.69) is 23.9 Å². The summed E-state index contributed by atoms with van der Waals surface area (Å²) in [7, 11) is 0. The van der Waals surface area contributed by atoms with Crippen LogP contribution in [0.15, 0.2) is 12.2 Å². The van der Waals surface area contributed by atoms with Gasteiger partial charge in [0, 0.05) is 12.2 Å². The van der Waals surface area contributed by atoms with Crippen LogP contribution in [0.4, 0.5) is 0 Å². The van der Waals surface area contributed by atoms with Crippen LogP contribution in [0.5, 0.6) is 0 Å². The molecule has 0 aliphatic carbocycles. The van der Waals surface area contributed by atoms with Crippen LogP contribution in [0.3, 0.4) is 0 Å². The van der Waals surface area contributed by atoms with Crippen LogP contribution in [0, 0.1) is 0 Å². The van der Waals surface area contributed by atoms with E-state index >= 15 is 0 Å². The van der Waals surface area contributed by atoms with Crippen molar-refractivity contribution < 1.29 is 14.3 Å². The van der Waals surface area contributed by atoms with E-state index in [4.69, 9.17) is 0 Å². The molecule has 0 bridgehead atoms. The Bertz CT molecular complexity index is 169. The van der Waals surface area contributed by atoms with E-state index in [9.17, 15) is 9.59 Å². The van der Waals surface area contributed by atoms with Crippen molar-refractivity contribution in [2.75, 3.05) is 13.1 Å². The van der Waals surface area contributed by atoms with Gasteiger partial charge in [0.1, 0.15) is 0 Å². The minimum absolute atomic E-state index is 0.579. The van der Waals surface area contributed by atoms with E-state index in [1.807, 2.05) is 0 Å². The average molecular weight is 171 g/mol. The summed E-state index contributed by atoms with van der Waals surface area (Å²) in [5.41, 5.74) is 0. The van der Waals surface area contributed by atoms with Crippen molar-refractivity contribution in [3.05, 3.63) is 12.2 Å². The second-order valence-corrected chi connectivity index (χ2v) is 2.03. The van der Waals surface area contributed by atoms with Crippen molar-refractivity contribution in [3.8, 4) is 0 Å². The van der Waals surface area contributed by atoms with Crippen LogP contribution in [0.1, 0.15) is 13.8 Å². The molecule has 0 aromatic heterocycles.